The molecule has 0 aliphatic carbocycles. The first-order chi connectivity index (χ1) is 14.2. The van der Waals surface area contributed by atoms with E-state index < -0.39 is 0 Å². The highest BCUT2D eigenvalue weighted by atomic mass is 16.5. The second-order valence-electron chi connectivity index (χ2n) is 7.07. The molecule has 2 aromatic rings. The van der Waals surface area contributed by atoms with E-state index in [1.54, 1.807) is 21.3 Å². The van der Waals surface area contributed by atoms with Crippen molar-refractivity contribution in [1.29, 1.82) is 0 Å². The predicted molar refractivity (Wildman–Crippen MR) is 116 cm³/mol. The number of methoxy groups -OCH3 is 2. The first kappa shape index (κ1) is 21.0. The van der Waals surface area contributed by atoms with Gasteiger partial charge in [0.15, 0.2) is 17.5 Å². The fourth-order valence-electron chi connectivity index (χ4n) is 3.66. The summed E-state index contributed by atoms with van der Waals surface area (Å²) in [6.45, 7) is 2.41. The molecule has 1 heterocycles. The standard InChI is InChI=1S/C23H31N3O3/c1-24-23(25-13-11-17-9-10-20(27-2)21(15-17)28-3)26-16-19-12-14-29-22(19)18-7-5-4-6-8-18/h4-10,15,19,22H,11-14,16H2,1-3H3,(H2,24,25,26). The van der Waals surface area contributed by atoms with E-state index in [0.29, 0.717) is 5.92 Å². The zero-order chi connectivity index (χ0) is 20.5. The first-order valence-electron chi connectivity index (χ1n) is 10.1. The molecule has 1 saturated heterocycles. The molecular weight excluding hydrogens is 366 g/mol. The number of hydrogen-bond acceptors (Lipinski definition) is 4. The van der Waals surface area contributed by atoms with E-state index in [4.69, 9.17) is 14.2 Å². The van der Waals surface area contributed by atoms with Crippen LogP contribution in [0.25, 0.3) is 0 Å². The van der Waals surface area contributed by atoms with Crippen molar-refractivity contribution in [2.24, 2.45) is 10.9 Å². The normalized spacial score (nSPS) is 19.1. The van der Waals surface area contributed by atoms with Crippen molar-refractivity contribution in [3.63, 3.8) is 0 Å². The molecule has 0 bridgehead atoms. The quantitative estimate of drug-likeness (QED) is 0.529. The van der Waals surface area contributed by atoms with Crippen LogP contribution in [0.5, 0.6) is 11.5 Å². The molecule has 0 radical (unpaired) electrons. The van der Waals surface area contributed by atoms with E-state index >= 15 is 0 Å². The van der Waals surface area contributed by atoms with E-state index in [9.17, 15) is 0 Å². The Labute approximate surface area is 173 Å². The lowest BCUT2D eigenvalue weighted by Crippen LogP contribution is -2.41. The molecule has 0 aromatic heterocycles. The van der Waals surface area contributed by atoms with Crippen molar-refractivity contribution in [3.8, 4) is 11.5 Å². The summed E-state index contributed by atoms with van der Waals surface area (Å²) in [5, 5.41) is 6.84. The number of hydrogen-bond donors (Lipinski definition) is 2. The Morgan fingerprint density at radius 2 is 1.86 bits per heavy atom. The summed E-state index contributed by atoms with van der Waals surface area (Å²) in [6.07, 6.45) is 2.06. The lowest BCUT2D eigenvalue weighted by molar-refractivity contribution is 0.0915. The van der Waals surface area contributed by atoms with Gasteiger partial charge in [-0.15, -0.1) is 0 Å². The predicted octanol–water partition coefficient (Wildman–Crippen LogP) is 3.19. The third-order valence-corrected chi connectivity index (χ3v) is 5.25. The van der Waals surface area contributed by atoms with Crippen LogP contribution >= 0.6 is 0 Å². The SMILES string of the molecule is CN=C(NCCc1ccc(OC)c(OC)c1)NCC1CCOC1c1ccccc1. The summed E-state index contributed by atoms with van der Waals surface area (Å²) in [7, 11) is 5.10. The summed E-state index contributed by atoms with van der Waals surface area (Å²) < 4.78 is 16.6. The topological polar surface area (TPSA) is 64.1 Å². The van der Waals surface area contributed by atoms with Crippen LogP contribution in [0.1, 0.15) is 23.7 Å². The number of nitrogens with one attached hydrogen (secondary N) is 2. The largest absolute Gasteiger partial charge is 0.493 e. The van der Waals surface area contributed by atoms with E-state index in [2.05, 4.69) is 46.0 Å². The summed E-state index contributed by atoms with van der Waals surface area (Å²) in [5.74, 6) is 2.74. The zero-order valence-corrected chi connectivity index (χ0v) is 17.5. The van der Waals surface area contributed by atoms with Crippen molar-refractivity contribution in [2.45, 2.75) is 18.9 Å². The van der Waals surface area contributed by atoms with Gasteiger partial charge in [0.2, 0.25) is 0 Å². The molecule has 0 saturated carbocycles. The van der Waals surface area contributed by atoms with Gasteiger partial charge >= 0.3 is 0 Å². The Kier molecular flexibility index (Phi) is 7.76. The highest BCUT2D eigenvalue weighted by Crippen LogP contribution is 2.33. The summed E-state index contributed by atoms with van der Waals surface area (Å²) in [4.78, 5) is 4.35. The van der Waals surface area contributed by atoms with Crippen LogP contribution in [0.15, 0.2) is 53.5 Å². The van der Waals surface area contributed by atoms with Crippen molar-refractivity contribution in [1.82, 2.24) is 10.6 Å². The Balaban J connectivity index is 1.47. The lowest BCUT2D eigenvalue weighted by atomic mass is 9.95. The number of guanidine groups is 1. The van der Waals surface area contributed by atoms with Crippen molar-refractivity contribution >= 4 is 5.96 Å². The average Bonchev–Trinajstić information content (AvgIpc) is 3.25. The van der Waals surface area contributed by atoms with Gasteiger partial charge in [-0.1, -0.05) is 36.4 Å². The van der Waals surface area contributed by atoms with Crippen LogP contribution < -0.4 is 20.1 Å². The molecule has 2 unspecified atom stereocenters. The smallest absolute Gasteiger partial charge is 0.190 e. The minimum atomic E-state index is 0.147. The van der Waals surface area contributed by atoms with Crippen molar-refractivity contribution in [3.05, 3.63) is 59.7 Å². The molecule has 6 nitrogen and oxygen atoms in total. The van der Waals surface area contributed by atoms with Crippen molar-refractivity contribution < 1.29 is 14.2 Å². The third-order valence-electron chi connectivity index (χ3n) is 5.25. The summed E-state index contributed by atoms with van der Waals surface area (Å²) in [6, 6.07) is 16.4. The third kappa shape index (κ3) is 5.64. The number of aliphatic imine (C=N–C) groups is 1. The summed E-state index contributed by atoms with van der Waals surface area (Å²) >= 11 is 0. The minimum Gasteiger partial charge on any atom is -0.493 e. The zero-order valence-electron chi connectivity index (χ0n) is 17.5. The van der Waals surface area contributed by atoms with E-state index in [-0.39, 0.29) is 6.10 Å². The lowest BCUT2D eigenvalue weighted by Gasteiger charge is -2.21. The number of benzene rings is 2. The molecular formula is C23H31N3O3. The van der Waals surface area contributed by atoms with E-state index in [1.807, 2.05) is 18.2 Å². The molecule has 0 spiro atoms. The molecule has 2 atom stereocenters. The molecule has 29 heavy (non-hydrogen) atoms. The minimum absolute atomic E-state index is 0.147. The van der Waals surface area contributed by atoms with Gasteiger partial charge in [-0.3, -0.25) is 4.99 Å². The van der Waals surface area contributed by atoms with Crippen LogP contribution in [0.4, 0.5) is 0 Å². The Hall–Kier alpha value is -2.73. The maximum Gasteiger partial charge on any atom is 0.190 e. The Bertz CT molecular complexity index is 795. The Morgan fingerprint density at radius 3 is 2.59 bits per heavy atom. The van der Waals surface area contributed by atoms with Gasteiger partial charge in [-0.05, 0) is 36.1 Å². The molecule has 3 rings (SSSR count). The van der Waals surface area contributed by atoms with Crippen molar-refractivity contribution in [2.75, 3.05) is 41.0 Å². The fourth-order valence-corrected chi connectivity index (χ4v) is 3.66. The van der Waals surface area contributed by atoms with E-state index in [1.165, 1.54) is 11.1 Å². The number of rotatable bonds is 8. The molecule has 2 aromatic carbocycles. The molecule has 2 N–H and O–H groups in total. The highest BCUT2D eigenvalue weighted by Gasteiger charge is 2.29. The first-order valence-corrected chi connectivity index (χ1v) is 10.1. The monoisotopic (exact) mass is 397 g/mol. The average molecular weight is 398 g/mol. The number of ether oxygens (including phenoxy) is 3. The van der Waals surface area contributed by atoms with Crippen LogP contribution in [-0.4, -0.2) is 46.9 Å². The van der Waals surface area contributed by atoms with Crippen LogP contribution in [-0.2, 0) is 11.2 Å². The van der Waals surface area contributed by atoms with Crippen LogP contribution in [0.2, 0.25) is 0 Å². The number of nitrogens with zero attached hydrogens (tertiary/aromatic N) is 1. The molecule has 1 fully saturated rings. The van der Waals surface area contributed by atoms with Gasteiger partial charge in [-0.25, -0.2) is 0 Å². The van der Waals surface area contributed by atoms with Crippen LogP contribution in [0, 0.1) is 5.92 Å². The molecule has 1 aliphatic rings. The molecule has 0 amide bonds. The summed E-state index contributed by atoms with van der Waals surface area (Å²) in [5.41, 5.74) is 2.42. The maximum atomic E-state index is 5.97. The Morgan fingerprint density at radius 1 is 1.07 bits per heavy atom. The highest BCUT2D eigenvalue weighted by molar-refractivity contribution is 5.79. The molecule has 1 aliphatic heterocycles. The molecule has 156 valence electrons. The maximum absolute atomic E-state index is 5.97. The second-order valence-corrected chi connectivity index (χ2v) is 7.07. The van der Waals surface area contributed by atoms with Gasteiger partial charge in [0.05, 0.1) is 20.3 Å². The van der Waals surface area contributed by atoms with E-state index in [0.717, 1.165) is 50.0 Å². The van der Waals surface area contributed by atoms with Crippen LogP contribution in [0.3, 0.4) is 0 Å². The van der Waals surface area contributed by atoms with Gasteiger partial charge in [-0.2, -0.15) is 0 Å². The van der Waals surface area contributed by atoms with Gasteiger partial charge in [0, 0.05) is 32.7 Å². The fraction of sp³-hybridized carbons (Fsp3) is 0.435. The van der Waals surface area contributed by atoms with Gasteiger partial charge < -0.3 is 24.8 Å². The second kappa shape index (κ2) is 10.7. The van der Waals surface area contributed by atoms with Gasteiger partial charge in [0.25, 0.3) is 0 Å². The van der Waals surface area contributed by atoms with Gasteiger partial charge in [0.1, 0.15) is 0 Å². The molecule has 6 heteroatoms.